The Morgan fingerprint density at radius 1 is 0.741 bits per heavy atom. The topological polar surface area (TPSA) is 12.0 Å². The van der Waals surface area contributed by atoms with Crippen LogP contribution < -0.4 is 5.32 Å². The van der Waals surface area contributed by atoms with E-state index in [1.165, 1.54) is 33.4 Å². The molecule has 0 aromatic heterocycles. The number of hydrogen-bond acceptors (Lipinski definition) is 1. The van der Waals surface area contributed by atoms with Crippen molar-refractivity contribution in [2.24, 2.45) is 0 Å². The predicted molar refractivity (Wildman–Crippen MR) is 119 cm³/mol. The lowest BCUT2D eigenvalue weighted by molar-refractivity contribution is 1.21. The minimum absolute atomic E-state index is 0.939. The Morgan fingerprint density at radius 2 is 1.26 bits per heavy atom. The smallest absolute Gasteiger partial charge is 0.0340 e. The summed E-state index contributed by atoms with van der Waals surface area (Å²) in [5.41, 5.74) is 8.60. The van der Waals surface area contributed by atoms with E-state index in [1.54, 1.807) is 0 Å². The van der Waals surface area contributed by atoms with Gasteiger partial charge in [-0.05, 0) is 55.2 Å². The highest BCUT2D eigenvalue weighted by Crippen LogP contribution is 2.24. The first-order valence-corrected chi connectivity index (χ1v) is 9.52. The van der Waals surface area contributed by atoms with Gasteiger partial charge in [0.25, 0.3) is 0 Å². The lowest BCUT2D eigenvalue weighted by atomic mass is 9.96. The van der Waals surface area contributed by atoms with Crippen molar-refractivity contribution in [3.8, 4) is 0 Å². The van der Waals surface area contributed by atoms with E-state index in [0.717, 1.165) is 12.2 Å². The fourth-order valence-corrected chi connectivity index (χ4v) is 3.00. The van der Waals surface area contributed by atoms with E-state index in [-0.39, 0.29) is 0 Å². The zero-order valence-electron chi connectivity index (χ0n) is 16.4. The number of benzene rings is 3. The summed E-state index contributed by atoms with van der Waals surface area (Å²) in [5.74, 6) is 0. The molecule has 0 aliphatic carbocycles. The minimum atomic E-state index is 0.939. The van der Waals surface area contributed by atoms with E-state index in [4.69, 9.17) is 0 Å². The maximum Gasteiger partial charge on any atom is 0.0340 e. The summed E-state index contributed by atoms with van der Waals surface area (Å²) in [5, 5.41) is 3.33. The Kier molecular flexibility index (Phi) is 6.27. The summed E-state index contributed by atoms with van der Waals surface area (Å²) in [6, 6.07) is 26.0. The van der Waals surface area contributed by atoms with Gasteiger partial charge in [0.05, 0.1) is 0 Å². The van der Waals surface area contributed by atoms with Crippen LogP contribution in [0.3, 0.4) is 0 Å². The van der Waals surface area contributed by atoms with Crippen molar-refractivity contribution in [3.05, 3.63) is 113 Å². The summed E-state index contributed by atoms with van der Waals surface area (Å²) in [6.45, 7) is 7.29. The van der Waals surface area contributed by atoms with Crippen LogP contribution in [0.25, 0.3) is 11.6 Å². The fourth-order valence-electron chi connectivity index (χ4n) is 3.00. The number of hydrogen-bond donors (Lipinski definition) is 1. The van der Waals surface area contributed by atoms with Gasteiger partial charge in [0, 0.05) is 12.2 Å². The van der Waals surface area contributed by atoms with E-state index in [1.807, 2.05) is 0 Å². The Labute approximate surface area is 163 Å². The first-order chi connectivity index (χ1) is 13.2. The highest BCUT2D eigenvalue weighted by atomic mass is 14.8. The van der Waals surface area contributed by atoms with Gasteiger partial charge < -0.3 is 5.32 Å². The van der Waals surface area contributed by atoms with Gasteiger partial charge in [-0.1, -0.05) is 90.0 Å². The molecule has 136 valence electrons. The van der Waals surface area contributed by atoms with Crippen LogP contribution in [0.4, 0.5) is 5.69 Å². The molecule has 0 aliphatic rings. The molecule has 3 rings (SSSR count). The van der Waals surface area contributed by atoms with E-state index < -0.39 is 0 Å². The third-order valence-electron chi connectivity index (χ3n) is 4.57. The number of allylic oxidation sites excluding steroid dienone is 2. The van der Waals surface area contributed by atoms with Gasteiger partial charge in [0.15, 0.2) is 0 Å². The molecule has 0 atom stereocenters. The van der Waals surface area contributed by atoms with E-state index in [9.17, 15) is 0 Å². The van der Waals surface area contributed by atoms with Gasteiger partial charge in [-0.25, -0.2) is 0 Å². The lowest BCUT2D eigenvalue weighted by Gasteiger charge is -2.09. The Bertz CT molecular complexity index is 864. The van der Waals surface area contributed by atoms with Crippen molar-refractivity contribution in [1.82, 2.24) is 0 Å². The molecule has 0 heterocycles. The summed E-state index contributed by atoms with van der Waals surface area (Å²) >= 11 is 0. The molecule has 0 saturated heterocycles. The normalized spacial score (nSPS) is 10.8. The van der Waals surface area contributed by atoms with Crippen molar-refractivity contribution >= 4 is 17.3 Å². The molecular weight excluding hydrogens is 326 g/mol. The molecule has 0 bridgehead atoms. The summed E-state index contributed by atoms with van der Waals surface area (Å²) in [7, 11) is 0. The molecule has 1 heteroatoms. The quantitative estimate of drug-likeness (QED) is 0.476. The number of anilines is 1. The van der Waals surface area contributed by atoms with Crippen molar-refractivity contribution < 1.29 is 0 Å². The van der Waals surface area contributed by atoms with Crippen molar-refractivity contribution in [3.63, 3.8) is 0 Å². The van der Waals surface area contributed by atoms with Crippen LogP contribution >= 0.6 is 0 Å². The number of rotatable bonds is 6. The fraction of sp³-hybridized carbons (Fsp3) is 0.154. The second-order valence-corrected chi connectivity index (χ2v) is 6.82. The molecule has 0 aliphatic heterocycles. The highest BCUT2D eigenvalue weighted by molar-refractivity contribution is 5.81. The van der Waals surface area contributed by atoms with Crippen LogP contribution in [-0.4, -0.2) is 6.54 Å². The Morgan fingerprint density at radius 3 is 1.74 bits per heavy atom. The molecule has 27 heavy (non-hydrogen) atoms. The standard InChI is InChI=1S/C26H27N/c1-4-27-25-18-12-22(13-19-25)6-5-7-26(23-14-8-20(2)9-15-23)24-16-10-21(3)11-17-24/h5-19,27H,4H2,1-3H3. The zero-order valence-corrected chi connectivity index (χ0v) is 16.4. The van der Waals surface area contributed by atoms with Crippen molar-refractivity contribution in [2.45, 2.75) is 20.8 Å². The van der Waals surface area contributed by atoms with E-state index in [0.29, 0.717) is 0 Å². The SMILES string of the molecule is CCNc1ccc(C=CC=C(c2ccc(C)cc2)c2ccc(C)cc2)cc1. The van der Waals surface area contributed by atoms with Crippen LogP contribution in [0.1, 0.15) is 34.7 Å². The van der Waals surface area contributed by atoms with Crippen LogP contribution in [0.15, 0.2) is 84.9 Å². The maximum absolute atomic E-state index is 3.33. The molecule has 3 aromatic rings. The summed E-state index contributed by atoms with van der Waals surface area (Å²) in [4.78, 5) is 0. The van der Waals surface area contributed by atoms with Crippen LogP contribution in [0.2, 0.25) is 0 Å². The Balaban J connectivity index is 1.89. The molecule has 0 amide bonds. The van der Waals surface area contributed by atoms with Crippen molar-refractivity contribution in [1.29, 1.82) is 0 Å². The molecule has 1 nitrogen and oxygen atoms in total. The monoisotopic (exact) mass is 353 g/mol. The predicted octanol–water partition coefficient (Wildman–Crippen LogP) is 6.88. The van der Waals surface area contributed by atoms with Gasteiger partial charge in [-0.15, -0.1) is 0 Å². The second-order valence-electron chi connectivity index (χ2n) is 6.82. The average Bonchev–Trinajstić information content (AvgIpc) is 2.69. The van der Waals surface area contributed by atoms with Crippen LogP contribution in [0, 0.1) is 13.8 Å². The largest absolute Gasteiger partial charge is 0.385 e. The molecule has 0 fully saturated rings. The van der Waals surface area contributed by atoms with Gasteiger partial charge in [-0.2, -0.15) is 0 Å². The van der Waals surface area contributed by atoms with Gasteiger partial charge in [0.1, 0.15) is 0 Å². The summed E-state index contributed by atoms with van der Waals surface area (Å²) in [6.07, 6.45) is 6.49. The minimum Gasteiger partial charge on any atom is -0.385 e. The van der Waals surface area contributed by atoms with Crippen molar-refractivity contribution in [2.75, 3.05) is 11.9 Å². The average molecular weight is 354 g/mol. The zero-order chi connectivity index (χ0) is 19.1. The van der Waals surface area contributed by atoms with Gasteiger partial charge in [-0.3, -0.25) is 0 Å². The third kappa shape index (κ3) is 5.21. The first kappa shape index (κ1) is 18.7. The second kappa shape index (κ2) is 9.05. The summed E-state index contributed by atoms with van der Waals surface area (Å²) < 4.78 is 0. The van der Waals surface area contributed by atoms with E-state index >= 15 is 0 Å². The molecule has 1 N–H and O–H groups in total. The van der Waals surface area contributed by atoms with Crippen LogP contribution in [0.5, 0.6) is 0 Å². The molecule has 0 radical (unpaired) electrons. The highest BCUT2D eigenvalue weighted by Gasteiger charge is 2.04. The number of aryl methyl sites for hydroxylation is 2. The van der Waals surface area contributed by atoms with Gasteiger partial charge in [0.2, 0.25) is 0 Å². The molecule has 0 unspecified atom stereocenters. The molecule has 0 saturated carbocycles. The van der Waals surface area contributed by atoms with Gasteiger partial charge >= 0.3 is 0 Å². The first-order valence-electron chi connectivity index (χ1n) is 9.52. The number of nitrogens with one attached hydrogen (secondary N) is 1. The Hall–Kier alpha value is -3.06. The molecule has 0 spiro atoms. The molecule has 3 aromatic carbocycles. The lowest BCUT2D eigenvalue weighted by Crippen LogP contribution is -1.95. The molecular formula is C26H27N. The van der Waals surface area contributed by atoms with Crippen LogP contribution in [-0.2, 0) is 0 Å². The van der Waals surface area contributed by atoms with E-state index in [2.05, 4.69) is 117 Å². The maximum atomic E-state index is 3.33. The third-order valence-corrected chi connectivity index (χ3v) is 4.57.